The van der Waals surface area contributed by atoms with Gasteiger partial charge >= 0.3 is 0 Å². The summed E-state index contributed by atoms with van der Waals surface area (Å²) in [5.41, 5.74) is 1.59. The van der Waals surface area contributed by atoms with Crippen molar-refractivity contribution < 1.29 is 13.5 Å². The van der Waals surface area contributed by atoms with Crippen molar-refractivity contribution >= 4 is 0 Å². The summed E-state index contributed by atoms with van der Waals surface area (Å²) in [5, 5.41) is 0. The Kier molecular flexibility index (Phi) is 3.04. The van der Waals surface area contributed by atoms with Gasteiger partial charge in [0.2, 0.25) is 0 Å². The predicted octanol–water partition coefficient (Wildman–Crippen LogP) is 2.40. The minimum atomic E-state index is -0.450. The normalized spacial score (nSPS) is 33.2. The zero-order valence-corrected chi connectivity index (χ0v) is 11.4. The van der Waals surface area contributed by atoms with Crippen molar-refractivity contribution in [3.63, 3.8) is 0 Å². The van der Waals surface area contributed by atoms with Crippen LogP contribution in [0.2, 0.25) is 0 Å². The largest absolute Gasteiger partial charge is 0.381 e. The van der Waals surface area contributed by atoms with Crippen LogP contribution in [-0.4, -0.2) is 37.2 Å². The van der Waals surface area contributed by atoms with Crippen LogP contribution in [0.3, 0.4) is 0 Å². The van der Waals surface area contributed by atoms with Gasteiger partial charge in [0, 0.05) is 37.0 Å². The summed E-state index contributed by atoms with van der Waals surface area (Å²) in [5.74, 6) is 0.514. The first kappa shape index (κ1) is 12.7. The second-order valence-electron chi connectivity index (χ2n) is 6.43. The first-order valence-corrected chi connectivity index (χ1v) is 7.49. The number of ether oxygens (including phenoxy) is 1. The van der Waals surface area contributed by atoms with E-state index in [1.165, 1.54) is 6.07 Å². The van der Waals surface area contributed by atoms with Crippen molar-refractivity contribution in [3.8, 4) is 0 Å². The molecule has 0 saturated carbocycles. The molecule has 0 N–H and O–H groups in total. The molecule has 20 heavy (non-hydrogen) atoms. The Morgan fingerprint density at radius 1 is 1.10 bits per heavy atom. The summed E-state index contributed by atoms with van der Waals surface area (Å²) >= 11 is 0. The average Bonchev–Trinajstić information content (AvgIpc) is 2.98. The second kappa shape index (κ2) is 4.78. The van der Waals surface area contributed by atoms with Gasteiger partial charge in [-0.25, -0.2) is 8.78 Å². The van der Waals surface area contributed by atoms with Gasteiger partial charge in [0.25, 0.3) is 0 Å². The van der Waals surface area contributed by atoms with Crippen LogP contribution in [-0.2, 0) is 17.6 Å². The monoisotopic (exact) mass is 279 g/mol. The SMILES string of the molecule is Fc1cc(F)c2c(c1)CC(N1CC3COCC3C1)CC2. The predicted molar refractivity (Wildman–Crippen MR) is 71.5 cm³/mol. The smallest absolute Gasteiger partial charge is 0.129 e. The van der Waals surface area contributed by atoms with Crippen molar-refractivity contribution in [1.29, 1.82) is 0 Å². The van der Waals surface area contributed by atoms with E-state index < -0.39 is 5.82 Å². The molecule has 3 aliphatic rings. The lowest BCUT2D eigenvalue weighted by molar-refractivity contribution is 0.134. The molecule has 1 aliphatic carbocycles. The Morgan fingerprint density at radius 3 is 2.60 bits per heavy atom. The molecule has 2 aliphatic heterocycles. The summed E-state index contributed by atoms with van der Waals surface area (Å²) < 4.78 is 32.6. The molecule has 1 aromatic rings. The Bertz CT molecular complexity index is 521. The molecule has 3 atom stereocenters. The number of rotatable bonds is 1. The number of fused-ring (bicyclic) bond motifs is 2. The Balaban J connectivity index is 1.52. The lowest BCUT2D eigenvalue weighted by Crippen LogP contribution is -2.39. The highest BCUT2D eigenvalue weighted by Crippen LogP contribution is 2.34. The van der Waals surface area contributed by atoms with Crippen LogP contribution < -0.4 is 0 Å². The van der Waals surface area contributed by atoms with Crippen molar-refractivity contribution in [2.24, 2.45) is 11.8 Å². The van der Waals surface area contributed by atoms with Crippen LogP contribution in [0.1, 0.15) is 17.5 Å². The molecule has 0 amide bonds. The van der Waals surface area contributed by atoms with Crippen molar-refractivity contribution in [2.75, 3.05) is 26.3 Å². The molecule has 2 fully saturated rings. The van der Waals surface area contributed by atoms with Crippen LogP contribution >= 0.6 is 0 Å². The van der Waals surface area contributed by atoms with E-state index in [1.807, 2.05) is 0 Å². The molecule has 0 radical (unpaired) electrons. The van der Waals surface area contributed by atoms with Crippen molar-refractivity contribution in [1.82, 2.24) is 4.90 Å². The quantitative estimate of drug-likeness (QED) is 0.782. The van der Waals surface area contributed by atoms with E-state index in [1.54, 1.807) is 0 Å². The molecule has 0 spiro atoms. The van der Waals surface area contributed by atoms with Crippen molar-refractivity contribution in [3.05, 3.63) is 34.9 Å². The fraction of sp³-hybridized carbons (Fsp3) is 0.625. The molecule has 4 rings (SSSR count). The number of hydrogen-bond acceptors (Lipinski definition) is 2. The number of likely N-dealkylation sites (tertiary alicyclic amines) is 1. The van der Waals surface area contributed by atoms with E-state index >= 15 is 0 Å². The van der Waals surface area contributed by atoms with E-state index in [-0.39, 0.29) is 5.82 Å². The molecule has 0 aromatic heterocycles. The third-order valence-corrected chi connectivity index (χ3v) is 5.22. The number of benzene rings is 1. The van der Waals surface area contributed by atoms with E-state index in [9.17, 15) is 8.78 Å². The van der Waals surface area contributed by atoms with Gasteiger partial charge in [-0.05, 0) is 36.5 Å². The summed E-state index contributed by atoms with van der Waals surface area (Å²) in [6, 6.07) is 2.97. The van der Waals surface area contributed by atoms with Gasteiger partial charge in [-0.1, -0.05) is 0 Å². The molecule has 108 valence electrons. The third-order valence-electron chi connectivity index (χ3n) is 5.22. The summed E-state index contributed by atoms with van der Waals surface area (Å²) in [6.45, 7) is 3.94. The van der Waals surface area contributed by atoms with Gasteiger partial charge in [0.15, 0.2) is 0 Å². The van der Waals surface area contributed by atoms with Gasteiger partial charge in [-0.3, -0.25) is 4.90 Å². The summed E-state index contributed by atoms with van der Waals surface area (Å²) in [7, 11) is 0. The zero-order chi connectivity index (χ0) is 13.7. The Labute approximate surface area is 117 Å². The Hall–Kier alpha value is -1.00. The maximum atomic E-state index is 13.8. The first-order chi connectivity index (χ1) is 9.70. The summed E-state index contributed by atoms with van der Waals surface area (Å²) in [6.07, 6.45) is 2.49. The van der Waals surface area contributed by atoms with Gasteiger partial charge < -0.3 is 4.74 Å². The van der Waals surface area contributed by atoms with Crippen LogP contribution in [0.25, 0.3) is 0 Å². The minimum Gasteiger partial charge on any atom is -0.381 e. The van der Waals surface area contributed by atoms with E-state index in [4.69, 9.17) is 4.74 Å². The maximum absolute atomic E-state index is 13.8. The average molecular weight is 279 g/mol. The number of nitrogens with zero attached hydrogens (tertiary/aromatic N) is 1. The molecule has 2 saturated heterocycles. The Morgan fingerprint density at radius 2 is 1.85 bits per heavy atom. The van der Waals surface area contributed by atoms with E-state index in [0.717, 1.165) is 62.8 Å². The zero-order valence-electron chi connectivity index (χ0n) is 11.4. The third kappa shape index (κ3) is 2.06. The number of hydrogen-bond donors (Lipinski definition) is 0. The van der Waals surface area contributed by atoms with E-state index in [2.05, 4.69) is 4.90 Å². The summed E-state index contributed by atoms with van der Waals surface area (Å²) in [4.78, 5) is 2.52. The topological polar surface area (TPSA) is 12.5 Å². The van der Waals surface area contributed by atoms with Gasteiger partial charge in [0.1, 0.15) is 11.6 Å². The lowest BCUT2D eigenvalue weighted by atomic mass is 9.87. The van der Waals surface area contributed by atoms with Crippen molar-refractivity contribution in [2.45, 2.75) is 25.3 Å². The number of halogens is 2. The highest BCUT2D eigenvalue weighted by atomic mass is 19.1. The molecule has 0 bridgehead atoms. The van der Waals surface area contributed by atoms with Crippen LogP contribution in [0.5, 0.6) is 0 Å². The molecule has 4 heteroatoms. The lowest BCUT2D eigenvalue weighted by Gasteiger charge is -2.33. The van der Waals surface area contributed by atoms with E-state index in [0.29, 0.717) is 17.9 Å². The molecule has 2 heterocycles. The highest BCUT2D eigenvalue weighted by molar-refractivity contribution is 5.32. The molecular formula is C16H19F2NO. The molecule has 3 unspecified atom stereocenters. The van der Waals surface area contributed by atoms with Crippen LogP contribution in [0.4, 0.5) is 8.78 Å². The second-order valence-corrected chi connectivity index (χ2v) is 6.43. The molecule has 2 nitrogen and oxygen atoms in total. The highest BCUT2D eigenvalue weighted by Gasteiger charge is 2.40. The van der Waals surface area contributed by atoms with Gasteiger partial charge in [0.05, 0.1) is 13.2 Å². The molecule has 1 aromatic carbocycles. The van der Waals surface area contributed by atoms with Crippen LogP contribution in [0, 0.1) is 23.5 Å². The molecular weight excluding hydrogens is 260 g/mol. The van der Waals surface area contributed by atoms with Gasteiger partial charge in [-0.15, -0.1) is 0 Å². The fourth-order valence-electron chi connectivity index (χ4n) is 4.12. The standard InChI is InChI=1S/C16H19F2NO/c17-13-3-10-4-14(1-2-15(10)16(18)5-13)19-6-11-8-20-9-12(11)7-19/h3,5,11-12,14H,1-2,4,6-9H2. The van der Waals surface area contributed by atoms with Gasteiger partial charge in [-0.2, -0.15) is 0 Å². The minimum absolute atomic E-state index is 0.370. The first-order valence-electron chi connectivity index (χ1n) is 7.49. The maximum Gasteiger partial charge on any atom is 0.129 e. The fourth-order valence-corrected chi connectivity index (χ4v) is 4.12. The van der Waals surface area contributed by atoms with Crippen LogP contribution in [0.15, 0.2) is 12.1 Å².